The minimum absolute atomic E-state index is 0.866. The zero-order chi connectivity index (χ0) is 12.8. The molecule has 1 aromatic carbocycles. The van der Waals surface area contributed by atoms with Crippen LogP contribution in [-0.2, 0) is 0 Å². The average molecular weight is 245 g/mol. The van der Waals surface area contributed by atoms with Crippen LogP contribution < -0.4 is 0 Å². The van der Waals surface area contributed by atoms with Gasteiger partial charge in [0.25, 0.3) is 0 Å². The van der Waals surface area contributed by atoms with Gasteiger partial charge in [0.15, 0.2) is 0 Å². The zero-order valence-corrected chi connectivity index (χ0v) is 10.5. The first-order valence-corrected chi connectivity index (χ1v) is 6.23. The van der Waals surface area contributed by atoms with Crippen molar-refractivity contribution < 1.29 is 0 Å². The van der Waals surface area contributed by atoms with Gasteiger partial charge in [0.1, 0.15) is 11.0 Å². The van der Waals surface area contributed by atoms with Crippen LogP contribution in [0.15, 0.2) is 48.8 Å². The largest absolute Gasteiger partial charge is 0.254 e. The minimum atomic E-state index is 0.866. The summed E-state index contributed by atoms with van der Waals surface area (Å²) in [6.45, 7) is 2.08. The number of aromatic nitrogens is 3. The van der Waals surface area contributed by atoms with Crippen molar-refractivity contribution in [3.05, 3.63) is 54.4 Å². The van der Waals surface area contributed by atoms with E-state index in [1.54, 1.807) is 6.20 Å². The highest BCUT2D eigenvalue weighted by molar-refractivity contribution is 6.04. The second-order valence-electron chi connectivity index (χ2n) is 4.70. The van der Waals surface area contributed by atoms with Gasteiger partial charge in [-0.3, -0.25) is 9.97 Å². The van der Waals surface area contributed by atoms with Crippen molar-refractivity contribution in [2.75, 3.05) is 0 Å². The lowest BCUT2D eigenvalue weighted by Gasteiger charge is -2.05. The van der Waals surface area contributed by atoms with Crippen LogP contribution in [0.25, 0.3) is 32.8 Å². The number of nitrogens with zero attached hydrogens (tertiary/aromatic N) is 3. The molecule has 0 aliphatic heterocycles. The summed E-state index contributed by atoms with van der Waals surface area (Å²) >= 11 is 0. The molecule has 0 aliphatic carbocycles. The number of rotatable bonds is 0. The first-order chi connectivity index (χ1) is 9.33. The third kappa shape index (κ3) is 1.48. The van der Waals surface area contributed by atoms with Gasteiger partial charge in [-0.25, -0.2) is 4.98 Å². The van der Waals surface area contributed by atoms with Crippen molar-refractivity contribution in [2.24, 2.45) is 0 Å². The van der Waals surface area contributed by atoms with E-state index in [9.17, 15) is 0 Å². The molecule has 3 aromatic heterocycles. The molecule has 90 valence electrons. The van der Waals surface area contributed by atoms with Gasteiger partial charge in [0, 0.05) is 23.2 Å². The van der Waals surface area contributed by atoms with E-state index in [4.69, 9.17) is 4.98 Å². The van der Waals surface area contributed by atoms with Crippen molar-refractivity contribution in [3.63, 3.8) is 0 Å². The van der Waals surface area contributed by atoms with E-state index >= 15 is 0 Å². The summed E-state index contributed by atoms with van der Waals surface area (Å²) in [4.78, 5) is 13.7. The SMILES string of the molecule is Cc1cccc2cc3cnc4cccnc4c3nc12. The maximum Gasteiger partial charge on any atom is 0.115 e. The summed E-state index contributed by atoms with van der Waals surface area (Å²) in [6.07, 6.45) is 3.65. The molecule has 0 aliphatic rings. The molecule has 0 spiro atoms. The Kier molecular flexibility index (Phi) is 2.03. The summed E-state index contributed by atoms with van der Waals surface area (Å²) in [5.41, 5.74) is 4.89. The Morgan fingerprint density at radius 2 is 1.79 bits per heavy atom. The van der Waals surface area contributed by atoms with Crippen molar-refractivity contribution >= 4 is 32.8 Å². The Morgan fingerprint density at radius 3 is 2.74 bits per heavy atom. The predicted octanol–water partition coefficient (Wildman–Crippen LogP) is 3.64. The van der Waals surface area contributed by atoms with Gasteiger partial charge in [-0.2, -0.15) is 0 Å². The molecule has 3 heteroatoms. The standard InChI is InChI=1S/C16H11N3/c1-10-4-2-5-11-8-12-9-18-13-6-3-7-17-16(13)15(12)19-14(10)11/h2-9H,1H3. The number of aryl methyl sites for hydroxylation is 1. The molecule has 0 saturated heterocycles. The molecule has 4 rings (SSSR count). The average Bonchev–Trinajstić information content (AvgIpc) is 2.46. The summed E-state index contributed by atoms with van der Waals surface area (Å²) in [6, 6.07) is 12.2. The van der Waals surface area contributed by atoms with E-state index in [0.717, 1.165) is 32.8 Å². The molecule has 0 fully saturated rings. The number of hydrogen-bond donors (Lipinski definition) is 0. The first-order valence-electron chi connectivity index (χ1n) is 6.23. The van der Waals surface area contributed by atoms with Gasteiger partial charge >= 0.3 is 0 Å². The van der Waals surface area contributed by atoms with E-state index in [-0.39, 0.29) is 0 Å². The van der Waals surface area contributed by atoms with Crippen LogP contribution in [0.2, 0.25) is 0 Å². The first kappa shape index (κ1) is 10.4. The summed E-state index contributed by atoms with van der Waals surface area (Å²) in [5, 5.41) is 2.17. The van der Waals surface area contributed by atoms with Crippen LogP contribution in [-0.4, -0.2) is 15.0 Å². The molecule has 0 bridgehead atoms. The third-order valence-electron chi connectivity index (χ3n) is 3.43. The number of para-hydroxylation sites is 1. The van der Waals surface area contributed by atoms with Crippen molar-refractivity contribution in [1.82, 2.24) is 15.0 Å². The van der Waals surface area contributed by atoms with E-state index < -0.39 is 0 Å². The molecule has 19 heavy (non-hydrogen) atoms. The van der Waals surface area contributed by atoms with Crippen LogP contribution in [0.4, 0.5) is 0 Å². The fraction of sp³-hybridized carbons (Fsp3) is 0.0625. The highest BCUT2D eigenvalue weighted by Gasteiger charge is 2.07. The Labute approximate surface area is 110 Å². The molecule has 3 heterocycles. The quantitative estimate of drug-likeness (QED) is 0.350. The zero-order valence-electron chi connectivity index (χ0n) is 10.5. The molecule has 3 nitrogen and oxygen atoms in total. The van der Waals surface area contributed by atoms with Crippen molar-refractivity contribution in [3.8, 4) is 0 Å². The lowest BCUT2D eigenvalue weighted by Crippen LogP contribution is -1.90. The Bertz CT molecular complexity index is 929. The monoisotopic (exact) mass is 245 g/mol. The van der Waals surface area contributed by atoms with Gasteiger partial charge in [0.05, 0.1) is 11.0 Å². The molecule has 0 unspecified atom stereocenters. The number of benzene rings is 1. The van der Waals surface area contributed by atoms with Crippen LogP contribution in [0.5, 0.6) is 0 Å². The topological polar surface area (TPSA) is 38.7 Å². The number of fused-ring (bicyclic) bond motifs is 4. The summed E-state index contributed by atoms with van der Waals surface area (Å²) < 4.78 is 0. The summed E-state index contributed by atoms with van der Waals surface area (Å²) in [5.74, 6) is 0. The van der Waals surface area contributed by atoms with Crippen LogP contribution in [0.3, 0.4) is 0 Å². The van der Waals surface area contributed by atoms with Crippen molar-refractivity contribution in [1.29, 1.82) is 0 Å². The maximum absolute atomic E-state index is 4.80. The number of pyridine rings is 3. The molecule has 0 saturated carbocycles. The Balaban J connectivity index is 2.27. The maximum atomic E-state index is 4.80. The lowest BCUT2D eigenvalue weighted by molar-refractivity contribution is 1.34. The molecular formula is C16H11N3. The molecule has 4 aromatic rings. The highest BCUT2D eigenvalue weighted by atomic mass is 14.8. The van der Waals surface area contributed by atoms with Crippen LogP contribution in [0.1, 0.15) is 5.56 Å². The molecule has 0 N–H and O–H groups in total. The third-order valence-corrected chi connectivity index (χ3v) is 3.43. The smallest absolute Gasteiger partial charge is 0.115 e. The second-order valence-corrected chi connectivity index (χ2v) is 4.70. The normalized spacial score (nSPS) is 11.4. The highest BCUT2D eigenvalue weighted by Crippen LogP contribution is 2.25. The predicted molar refractivity (Wildman–Crippen MR) is 77.1 cm³/mol. The molecular weight excluding hydrogens is 234 g/mol. The van der Waals surface area contributed by atoms with Gasteiger partial charge in [0.2, 0.25) is 0 Å². The minimum Gasteiger partial charge on any atom is -0.254 e. The van der Waals surface area contributed by atoms with E-state index in [0.29, 0.717) is 0 Å². The van der Waals surface area contributed by atoms with Crippen molar-refractivity contribution in [2.45, 2.75) is 6.92 Å². The molecule has 0 radical (unpaired) electrons. The Hall–Kier alpha value is -2.55. The fourth-order valence-corrected chi connectivity index (χ4v) is 2.47. The van der Waals surface area contributed by atoms with Gasteiger partial charge < -0.3 is 0 Å². The fourth-order valence-electron chi connectivity index (χ4n) is 2.47. The summed E-state index contributed by atoms with van der Waals surface area (Å²) in [7, 11) is 0. The van der Waals surface area contributed by atoms with Gasteiger partial charge in [-0.15, -0.1) is 0 Å². The van der Waals surface area contributed by atoms with Crippen LogP contribution >= 0.6 is 0 Å². The lowest BCUT2D eigenvalue weighted by atomic mass is 10.1. The van der Waals surface area contributed by atoms with Gasteiger partial charge in [-0.1, -0.05) is 18.2 Å². The van der Waals surface area contributed by atoms with E-state index in [1.807, 2.05) is 18.3 Å². The second kappa shape index (κ2) is 3.72. The van der Waals surface area contributed by atoms with E-state index in [2.05, 4.69) is 41.2 Å². The Morgan fingerprint density at radius 1 is 0.842 bits per heavy atom. The van der Waals surface area contributed by atoms with Gasteiger partial charge in [-0.05, 0) is 30.7 Å². The number of hydrogen-bond acceptors (Lipinski definition) is 3. The van der Waals surface area contributed by atoms with Crippen LogP contribution in [0, 0.1) is 6.92 Å². The van der Waals surface area contributed by atoms with E-state index in [1.165, 1.54) is 5.56 Å². The molecule has 0 amide bonds. The molecule has 0 atom stereocenters.